The predicted octanol–water partition coefficient (Wildman–Crippen LogP) is 2.82. The highest BCUT2D eigenvalue weighted by molar-refractivity contribution is 5.94. The molecule has 1 fully saturated rings. The Balaban J connectivity index is 2.00. The molecule has 2 rings (SSSR count). The number of rotatable bonds is 0. The maximum Gasteiger partial charge on any atom is 0.417 e. The van der Waals surface area contributed by atoms with Crippen molar-refractivity contribution in [1.29, 1.82) is 0 Å². The van der Waals surface area contributed by atoms with Gasteiger partial charge >= 0.3 is 6.09 Å². The van der Waals surface area contributed by atoms with Crippen LogP contribution in [0.2, 0.25) is 0 Å². The van der Waals surface area contributed by atoms with Crippen LogP contribution < -0.4 is 0 Å². The lowest BCUT2D eigenvalue weighted by Gasteiger charge is -2.23. The molecule has 1 saturated heterocycles. The molecule has 0 aliphatic carbocycles. The molecule has 1 aliphatic heterocycles. The summed E-state index contributed by atoms with van der Waals surface area (Å²) in [6.07, 6.45) is -0.324. The predicted molar refractivity (Wildman–Crippen MR) is 79.4 cm³/mol. The van der Waals surface area contributed by atoms with Crippen molar-refractivity contribution < 1.29 is 14.3 Å². The Bertz CT molecular complexity index is 590. The molecule has 0 spiro atoms. The molecular formula is C17H19NO3. The SMILES string of the molecule is CC(C)(C)OC(=O)N1C[C@@H](C#Cc2ccccc2)CC1=O. The molecule has 0 unspecified atom stereocenters. The number of imide groups is 1. The van der Waals surface area contributed by atoms with Crippen LogP contribution in [0.15, 0.2) is 30.3 Å². The number of hydrogen-bond acceptors (Lipinski definition) is 3. The first-order valence-corrected chi connectivity index (χ1v) is 6.95. The van der Waals surface area contributed by atoms with Gasteiger partial charge in [-0.3, -0.25) is 4.79 Å². The lowest BCUT2D eigenvalue weighted by atomic mass is 10.1. The Hall–Kier alpha value is -2.28. The van der Waals surface area contributed by atoms with E-state index in [9.17, 15) is 9.59 Å². The number of carbonyl (C=O) groups excluding carboxylic acids is 2. The summed E-state index contributed by atoms with van der Waals surface area (Å²) in [5.74, 6) is 5.73. The molecule has 0 bridgehead atoms. The average molecular weight is 285 g/mol. The van der Waals surface area contributed by atoms with Gasteiger partial charge in [-0.05, 0) is 32.9 Å². The third-order valence-electron chi connectivity index (χ3n) is 2.93. The summed E-state index contributed by atoms with van der Waals surface area (Å²) in [6.45, 7) is 5.63. The second kappa shape index (κ2) is 6.01. The summed E-state index contributed by atoms with van der Waals surface area (Å²) >= 11 is 0. The second-order valence-electron chi connectivity index (χ2n) is 6.02. The molecule has 21 heavy (non-hydrogen) atoms. The summed E-state index contributed by atoms with van der Waals surface area (Å²) in [4.78, 5) is 25.0. The summed E-state index contributed by atoms with van der Waals surface area (Å²) in [5.41, 5.74) is 0.297. The molecule has 4 heteroatoms. The smallest absolute Gasteiger partial charge is 0.417 e. The maximum absolute atomic E-state index is 11.9. The second-order valence-corrected chi connectivity index (χ2v) is 6.02. The first-order chi connectivity index (χ1) is 9.85. The third kappa shape index (κ3) is 4.35. The molecule has 1 atom stereocenters. The zero-order valence-electron chi connectivity index (χ0n) is 12.6. The fourth-order valence-electron chi connectivity index (χ4n) is 2.00. The van der Waals surface area contributed by atoms with E-state index >= 15 is 0 Å². The minimum atomic E-state index is -0.606. The monoisotopic (exact) mass is 285 g/mol. The number of amides is 2. The van der Waals surface area contributed by atoms with Crippen LogP contribution in [-0.4, -0.2) is 29.0 Å². The third-order valence-corrected chi connectivity index (χ3v) is 2.93. The minimum absolute atomic E-state index is 0.134. The van der Waals surface area contributed by atoms with Gasteiger partial charge in [0.25, 0.3) is 0 Å². The van der Waals surface area contributed by atoms with Gasteiger partial charge in [0.1, 0.15) is 5.60 Å². The molecule has 0 N–H and O–H groups in total. The summed E-state index contributed by atoms with van der Waals surface area (Å²) in [5, 5.41) is 0. The molecule has 2 amide bonds. The van der Waals surface area contributed by atoms with Crippen molar-refractivity contribution in [3.8, 4) is 11.8 Å². The van der Waals surface area contributed by atoms with Gasteiger partial charge in [0, 0.05) is 24.4 Å². The van der Waals surface area contributed by atoms with Crippen LogP contribution in [-0.2, 0) is 9.53 Å². The zero-order valence-corrected chi connectivity index (χ0v) is 12.6. The van der Waals surface area contributed by atoms with E-state index < -0.39 is 11.7 Å². The highest BCUT2D eigenvalue weighted by Crippen LogP contribution is 2.20. The number of likely N-dealkylation sites (tertiary alicyclic amines) is 1. The molecule has 1 aromatic rings. The highest BCUT2D eigenvalue weighted by atomic mass is 16.6. The van der Waals surface area contributed by atoms with Gasteiger partial charge in [-0.1, -0.05) is 30.0 Å². The Morgan fingerprint density at radius 2 is 1.95 bits per heavy atom. The van der Waals surface area contributed by atoms with E-state index in [-0.39, 0.29) is 18.2 Å². The van der Waals surface area contributed by atoms with Gasteiger partial charge in [0.05, 0.1) is 0 Å². The Kier molecular flexibility index (Phi) is 4.32. The van der Waals surface area contributed by atoms with Crippen molar-refractivity contribution in [3.63, 3.8) is 0 Å². The van der Waals surface area contributed by atoms with Crippen LogP contribution in [0, 0.1) is 17.8 Å². The van der Waals surface area contributed by atoms with Gasteiger partial charge in [0.2, 0.25) is 5.91 Å². The first-order valence-electron chi connectivity index (χ1n) is 6.95. The van der Waals surface area contributed by atoms with Crippen LogP contribution in [0.1, 0.15) is 32.8 Å². The molecule has 1 heterocycles. The first kappa shape index (κ1) is 15.1. The highest BCUT2D eigenvalue weighted by Gasteiger charge is 2.35. The fourth-order valence-corrected chi connectivity index (χ4v) is 2.00. The quantitative estimate of drug-likeness (QED) is 0.689. The standard InChI is InChI=1S/C17H19NO3/c1-17(2,3)21-16(20)18-12-14(11-15(18)19)10-9-13-7-5-4-6-8-13/h4-8,14H,11-12H2,1-3H3/t14-/m0/s1. The summed E-state index contributed by atoms with van der Waals surface area (Å²) < 4.78 is 5.22. The van der Waals surface area contributed by atoms with E-state index in [0.717, 1.165) is 10.5 Å². The molecule has 1 aromatic carbocycles. The fraction of sp³-hybridized carbons (Fsp3) is 0.412. The molecule has 110 valence electrons. The van der Waals surface area contributed by atoms with Crippen LogP contribution in [0.4, 0.5) is 4.79 Å². The van der Waals surface area contributed by atoms with Crippen LogP contribution in [0.3, 0.4) is 0 Å². The lowest BCUT2D eigenvalue weighted by molar-refractivity contribution is -0.127. The molecule has 1 aliphatic rings. The lowest BCUT2D eigenvalue weighted by Crippen LogP contribution is -2.37. The van der Waals surface area contributed by atoms with Gasteiger partial charge < -0.3 is 4.74 Å². The normalized spacial score (nSPS) is 18.1. The Morgan fingerprint density at radius 3 is 2.57 bits per heavy atom. The van der Waals surface area contributed by atoms with Crippen molar-refractivity contribution in [1.82, 2.24) is 4.90 Å². The Morgan fingerprint density at radius 1 is 1.29 bits per heavy atom. The molecule has 0 aromatic heterocycles. The van der Waals surface area contributed by atoms with E-state index in [1.165, 1.54) is 0 Å². The molecule has 4 nitrogen and oxygen atoms in total. The molecular weight excluding hydrogens is 266 g/mol. The van der Waals surface area contributed by atoms with Crippen molar-refractivity contribution in [3.05, 3.63) is 35.9 Å². The van der Waals surface area contributed by atoms with E-state index in [4.69, 9.17) is 4.74 Å². The Labute approximate surface area is 125 Å². The zero-order chi connectivity index (χ0) is 15.5. The van der Waals surface area contributed by atoms with Gasteiger partial charge in [-0.15, -0.1) is 0 Å². The number of nitrogens with zero attached hydrogens (tertiary/aromatic N) is 1. The number of hydrogen-bond donors (Lipinski definition) is 0. The molecule has 0 radical (unpaired) electrons. The maximum atomic E-state index is 11.9. The number of carbonyl (C=O) groups is 2. The van der Waals surface area contributed by atoms with Gasteiger partial charge in [-0.25, -0.2) is 9.69 Å². The molecule has 0 saturated carbocycles. The van der Waals surface area contributed by atoms with Crippen molar-refractivity contribution in [2.75, 3.05) is 6.54 Å². The van der Waals surface area contributed by atoms with Crippen molar-refractivity contribution >= 4 is 12.0 Å². The van der Waals surface area contributed by atoms with Gasteiger partial charge in [0.15, 0.2) is 0 Å². The summed E-state index contributed by atoms with van der Waals surface area (Å²) in [6, 6.07) is 9.58. The van der Waals surface area contributed by atoms with Crippen LogP contribution >= 0.6 is 0 Å². The van der Waals surface area contributed by atoms with E-state index in [1.807, 2.05) is 30.3 Å². The topological polar surface area (TPSA) is 46.6 Å². The summed E-state index contributed by atoms with van der Waals surface area (Å²) in [7, 11) is 0. The average Bonchev–Trinajstić information content (AvgIpc) is 2.77. The largest absolute Gasteiger partial charge is 0.443 e. The number of ether oxygens (including phenoxy) is 1. The van der Waals surface area contributed by atoms with Gasteiger partial charge in [-0.2, -0.15) is 0 Å². The van der Waals surface area contributed by atoms with Crippen molar-refractivity contribution in [2.45, 2.75) is 32.8 Å². The van der Waals surface area contributed by atoms with E-state index in [0.29, 0.717) is 6.54 Å². The van der Waals surface area contributed by atoms with Crippen molar-refractivity contribution in [2.24, 2.45) is 5.92 Å². The van der Waals surface area contributed by atoms with E-state index in [1.54, 1.807) is 20.8 Å². The minimum Gasteiger partial charge on any atom is -0.443 e. The number of benzene rings is 1. The van der Waals surface area contributed by atoms with Crippen LogP contribution in [0.5, 0.6) is 0 Å². The van der Waals surface area contributed by atoms with Crippen LogP contribution in [0.25, 0.3) is 0 Å². The van der Waals surface area contributed by atoms with E-state index in [2.05, 4.69) is 11.8 Å².